The van der Waals surface area contributed by atoms with Gasteiger partial charge >= 0.3 is 11.9 Å². The monoisotopic (exact) mass is 352 g/mol. The van der Waals surface area contributed by atoms with Crippen molar-refractivity contribution in [3.8, 4) is 0 Å². The lowest BCUT2D eigenvalue weighted by atomic mass is 9.49. The maximum Gasteiger partial charge on any atom is 0.373 e. The van der Waals surface area contributed by atoms with Crippen LogP contribution in [0, 0.1) is 17.3 Å². The molecule has 0 aromatic carbocycles. The van der Waals surface area contributed by atoms with Gasteiger partial charge in [-0.1, -0.05) is 0 Å². The van der Waals surface area contributed by atoms with Gasteiger partial charge in [0, 0.05) is 4.87 Å². The molecule has 4 saturated carbocycles. The minimum absolute atomic E-state index is 0.0300. The Hall–Kier alpha value is -1.49. The van der Waals surface area contributed by atoms with Gasteiger partial charge in [-0.15, -0.1) is 11.6 Å². The molecule has 4 aliphatic carbocycles. The molecule has 0 amide bonds. The fourth-order valence-electron chi connectivity index (χ4n) is 5.35. The highest BCUT2D eigenvalue weighted by atomic mass is 35.5. The van der Waals surface area contributed by atoms with E-state index in [1.807, 2.05) is 0 Å². The zero-order valence-corrected chi connectivity index (χ0v) is 14.4. The summed E-state index contributed by atoms with van der Waals surface area (Å²) in [5, 5.41) is 0. The van der Waals surface area contributed by atoms with Crippen LogP contribution in [0.4, 0.5) is 0 Å². The molecule has 130 valence electrons. The zero-order valence-electron chi connectivity index (χ0n) is 13.7. The second-order valence-electron chi connectivity index (χ2n) is 7.73. The lowest BCUT2D eigenvalue weighted by Gasteiger charge is -2.58. The predicted molar refractivity (Wildman–Crippen MR) is 85.5 cm³/mol. The molecule has 5 rings (SSSR count). The van der Waals surface area contributed by atoms with Crippen LogP contribution in [0.5, 0.6) is 0 Å². The summed E-state index contributed by atoms with van der Waals surface area (Å²) in [4.78, 5) is 24.0. The number of hydrogen-bond acceptors (Lipinski definition) is 5. The molecule has 5 nitrogen and oxygen atoms in total. The van der Waals surface area contributed by atoms with Crippen molar-refractivity contribution in [3.05, 3.63) is 23.7 Å². The molecule has 1 aromatic heterocycles. The highest BCUT2D eigenvalue weighted by molar-refractivity contribution is 6.24. The fourth-order valence-corrected chi connectivity index (χ4v) is 6.04. The normalized spacial score (nSPS) is 36.6. The Kier molecular flexibility index (Phi) is 3.68. The van der Waals surface area contributed by atoms with E-state index in [1.165, 1.54) is 19.6 Å². The molecule has 0 radical (unpaired) electrons. The van der Waals surface area contributed by atoms with Gasteiger partial charge in [0.1, 0.15) is 12.4 Å². The third-order valence-corrected chi connectivity index (χ3v) is 6.26. The maximum absolute atomic E-state index is 12.8. The molecule has 4 aliphatic rings. The first-order valence-corrected chi connectivity index (χ1v) is 8.82. The van der Waals surface area contributed by atoms with Crippen molar-refractivity contribution in [2.75, 3.05) is 7.11 Å². The minimum atomic E-state index is -0.544. The van der Waals surface area contributed by atoms with E-state index in [2.05, 4.69) is 4.74 Å². The number of esters is 2. The Morgan fingerprint density at radius 1 is 1.25 bits per heavy atom. The summed E-state index contributed by atoms with van der Waals surface area (Å²) in [6, 6.07) is 3.15. The summed E-state index contributed by atoms with van der Waals surface area (Å²) in [6.45, 7) is 0.0300. The predicted octanol–water partition coefficient (Wildman–Crippen LogP) is 3.69. The molecule has 4 fully saturated rings. The zero-order chi connectivity index (χ0) is 16.9. The van der Waals surface area contributed by atoms with E-state index in [1.54, 1.807) is 6.07 Å². The first kappa shape index (κ1) is 16.0. The Morgan fingerprint density at radius 3 is 2.58 bits per heavy atom. The SMILES string of the molecule is COC(=O)c1ccc(COC(=O)C23C[C@@H]4C[C@@H](CC(Cl)(C4)C2)C3)o1. The van der Waals surface area contributed by atoms with E-state index in [9.17, 15) is 9.59 Å². The van der Waals surface area contributed by atoms with Gasteiger partial charge in [-0.2, -0.15) is 0 Å². The van der Waals surface area contributed by atoms with Crippen LogP contribution in [0.1, 0.15) is 54.8 Å². The highest BCUT2D eigenvalue weighted by Crippen LogP contribution is 2.64. The largest absolute Gasteiger partial charge is 0.463 e. The van der Waals surface area contributed by atoms with E-state index >= 15 is 0 Å². The molecule has 4 bridgehead atoms. The van der Waals surface area contributed by atoms with E-state index in [0.29, 0.717) is 17.6 Å². The number of furan rings is 1. The summed E-state index contributed by atoms with van der Waals surface area (Å²) >= 11 is 6.76. The Bertz CT molecular complexity index is 665. The van der Waals surface area contributed by atoms with Gasteiger partial charge in [-0.05, 0) is 62.5 Å². The van der Waals surface area contributed by atoms with Crippen LogP contribution in [-0.4, -0.2) is 23.9 Å². The Labute approximate surface area is 145 Å². The van der Waals surface area contributed by atoms with Gasteiger partial charge in [0.05, 0.1) is 12.5 Å². The number of ether oxygens (including phenoxy) is 2. The van der Waals surface area contributed by atoms with Crippen molar-refractivity contribution in [1.82, 2.24) is 0 Å². The standard InChI is InChI=1S/C18H21ClO5/c1-22-15(20)14-3-2-13(24-14)9-23-16(21)17-5-11-4-12(6-17)8-18(19,7-11)10-17/h2-3,11-12H,4-10H2,1H3/t11-,12+,17?,18?. The number of alkyl halides is 1. The van der Waals surface area contributed by atoms with Crippen LogP contribution in [0.15, 0.2) is 16.5 Å². The number of halogens is 1. The third-order valence-electron chi connectivity index (χ3n) is 5.82. The van der Waals surface area contributed by atoms with Crippen LogP contribution < -0.4 is 0 Å². The molecular formula is C18H21ClO5. The summed E-state index contributed by atoms with van der Waals surface area (Å²) in [5.41, 5.74) is -0.427. The molecule has 4 atom stereocenters. The van der Waals surface area contributed by atoms with Crippen LogP contribution in [0.2, 0.25) is 0 Å². The van der Waals surface area contributed by atoms with Crippen molar-refractivity contribution in [2.24, 2.45) is 17.3 Å². The molecule has 0 N–H and O–H groups in total. The fraction of sp³-hybridized carbons (Fsp3) is 0.667. The van der Waals surface area contributed by atoms with Gasteiger partial charge in [0.2, 0.25) is 5.76 Å². The maximum atomic E-state index is 12.8. The summed E-state index contributed by atoms with van der Waals surface area (Å²) in [7, 11) is 1.29. The molecule has 6 heteroatoms. The van der Waals surface area contributed by atoms with Gasteiger partial charge in [0.25, 0.3) is 0 Å². The van der Waals surface area contributed by atoms with E-state index in [-0.39, 0.29) is 23.2 Å². The second-order valence-corrected chi connectivity index (χ2v) is 8.53. The number of carbonyl (C=O) groups excluding carboxylic acids is 2. The minimum Gasteiger partial charge on any atom is -0.463 e. The number of hydrogen-bond donors (Lipinski definition) is 0. The molecule has 0 spiro atoms. The molecule has 2 unspecified atom stereocenters. The van der Waals surface area contributed by atoms with Gasteiger partial charge in [-0.3, -0.25) is 4.79 Å². The Balaban J connectivity index is 1.43. The van der Waals surface area contributed by atoms with Crippen molar-refractivity contribution in [1.29, 1.82) is 0 Å². The van der Waals surface area contributed by atoms with Gasteiger partial charge in [-0.25, -0.2) is 4.79 Å². The highest BCUT2D eigenvalue weighted by Gasteiger charge is 2.60. The smallest absolute Gasteiger partial charge is 0.373 e. The number of carbonyl (C=O) groups is 2. The second kappa shape index (κ2) is 5.51. The average molecular weight is 353 g/mol. The average Bonchev–Trinajstić information content (AvgIpc) is 2.98. The molecule has 0 saturated heterocycles. The number of rotatable bonds is 4. The molecule has 1 aromatic rings. The van der Waals surface area contributed by atoms with E-state index < -0.39 is 11.4 Å². The van der Waals surface area contributed by atoms with E-state index in [0.717, 1.165) is 32.1 Å². The Morgan fingerprint density at radius 2 is 1.96 bits per heavy atom. The van der Waals surface area contributed by atoms with Crippen molar-refractivity contribution in [3.63, 3.8) is 0 Å². The molecule has 1 heterocycles. The number of methoxy groups -OCH3 is 1. The summed E-state index contributed by atoms with van der Waals surface area (Å²) < 4.78 is 15.5. The summed E-state index contributed by atoms with van der Waals surface area (Å²) in [6.07, 6.45) is 5.76. The molecule has 24 heavy (non-hydrogen) atoms. The first-order valence-electron chi connectivity index (χ1n) is 8.45. The topological polar surface area (TPSA) is 65.7 Å². The van der Waals surface area contributed by atoms with Crippen LogP contribution in [0.3, 0.4) is 0 Å². The molecule has 0 aliphatic heterocycles. The lowest BCUT2D eigenvalue weighted by Crippen LogP contribution is -2.56. The van der Waals surface area contributed by atoms with Gasteiger partial charge < -0.3 is 13.9 Å². The third kappa shape index (κ3) is 2.63. The van der Waals surface area contributed by atoms with Crippen LogP contribution in [-0.2, 0) is 20.9 Å². The van der Waals surface area contributed by atoms with Gasteiger partial charge in [0.15, 0.2) is 0 Å². The molecular weight excluding hydrogens is 332 g/mol. The van der Waals surface area contributed by atoms with Crippen molar-refractivity contribution < 1.29 is 23.5 Å². The van der Waals surface area contributed by atoms with Crippen molar-refractivity contribution >= 4 is 23.5 Å². The van der Waals surface area contributed by atoms with Crippen LogP contribution >= 0.6 is 11.6 Å². The lowest BCUT2D eigenvalue weighted by molar-refractivity contribution is -0.172. The summed E-state index contributed by atoms with van der Waals surface area (Å²) in [5.74, 6) is 0.930. The first-order chi connectivity index (χ1) is 11.4. The quantitative estimate of drug-likeness (QED) is 0.610. The van der Waals surface area contributed by atoms with E-state index in [4.69, 9.17) is 20.8 Å². The van der Waals surface area contributed by atoms with Crippen molar-refractivity contribution in [2.45, 2.75) is 50.0 Å². The van der Waals surface area contributed by atoms with Crippen LogP contribution in [0.25, 0.3) is 0 Å².